The van der Waals surface area contributed by atoms with Gasteiger partial charge in [-0.15, -0.1) is 12.1 Å². The predicted octanol–water partition coefficient (Wildman–Crippen LogP) is -0.239. The van der Waals surface area contributed by atoms with E-state index in [4.69, 9.17) is 0 Å². The predicted molar refractivity (Wildman–Crippen MR) is 61.2 cm³/mol. The number of thioether (sulfide) groups is 1. The fourth-order valence-corrected chi connectivity index (χ4v) is 2.81. The van der Waals surface area contributed by atoms with E-state index < -0.39 is 12.4 Å². The molecule has 0 radical (unpaired) electrons. The third-order valence-electron chi connectivity index (χ3n) is 2.57. The van der Waals surface area contributed by atoms with Crippen molar-refractivity contribution in [3.05, 3.63) is 12.1 Å². The van der Waals surface area contributed by atoms with Crippen LogP contribution in [0.25, 0.3) is 0 Å². The average Bonchev–Trinajstić information content (AvgIpc) is 2.16. The third-order valence-corrected chi connectivity index (χ3v) is 3.94. The van der Waals surface area contributed by atoms with Crippen molar-refractivity contribution in [1.82, 2.24) is 4.90 Å². The van der Waals surface area contributed by atoms with E-state index in [9.17, 15) is 12.9 Å². The first-order valence-corrected chi connectivity index (χ1v) is 6.20. The van der Waals surface area contributed by atoms with Crippen molar-refractivity contribution in [2.75, 3.05) is 25.4 Å². The zero-order valence-electron chi connectivity index (χ0n) is 9.89. The molecule has 1 aliphatic rings. The smallest absolute Gasteiger partial charge is 0.445 e. The van der Waals surface area contributed by atoms with Crippen molar-refractivity contribution >= 4 is 18.7 Å². The van der Waals surface area contributed by atoms with Crippen LogP contribution >= 0.6 is 11.8 Å². The Labute approximate surface area is 142 Å². The summed E-state index contributed by atoms with van der Waals surface area (Å²) in [6, 6.07) is 0. The van der Waals surface area contributed by atoms with Gasteiger partial charge in [-0.25, -0.2) is 0 Å². The molecule has 1 fully saturated rings. The van der Waals surface area contributed by atoms with E-state index in [1.165, 1.54) is 0 Å². The zero-order valence-corrected chi connectivity index (χ0v) is 13.8. The van der Waals surface area contributed by atoms with Gasteiger partial charge >= 0.3 is 58.4 Å². The third kappa shape index (κ3) is 5.93. The van der Waals surface area contributed by atoms with Gasteiger partial charge in [-0.05, 0) is 13.0 Å². The van der Waals surface area contributed by atoms with Crippen LogP contribution in [-0.4, -0.2) is 42.5 Å². The van der Waals surface area contributed by atoms with Gasteiger partial charge in [0, 0.05) is 24.1 Å². The van der Waals surface area contributed by atoms with E-state index in [-0.39, 0.29) is 57.9 Å². The standard InChI is InChI=1S/C9H16BF3NS.K/c1-3-9-7-14(4-5-15-9)6-8(2)10(11,12)13;/h9H,2-7H2,1H3;/q-1;+1. The number of hydrogen-bond acceptors (Lipinski definition) is 2. The molecule has 7 heteroatoms. The second kappa shape index (κ2) is 7.86. The summed E-state index contributed by atoms with van der Waals surface area (Å²) in [6.07, 6.45) is 1.02. The summed E-state index contributed by atoms with van der Waals surface area (Å²) in [5.41, 5.74) is -0.572. The van der Waals surface area contributed by atoms with E-state index in [0.717, 1.165) is 25.3 Å². The van der Waals surface area contributed by atoms with Crippen LogP contribution in [0.2, 0.25) is 0 Å². The van der Waals surface area contributed by atoms with Gasteiger partial charge in [-0.3, -0.25) is 0 Å². The molecule has 0 aliphatic carbocycles. The van der Waals surface area contributed by atoms with Crippen LogP contribution in [0.3, 0.4) is 0 Å². The quantitative estimate of drug-likeness (QED) is 0.653. The van der Waals surface area contributed by atoms with Crippen molar-refractivity contribution in [3.8, 4) is 0 Å². The monoisotopic (exact) mass is 277 g/mol. The Bertz CT molecular complexity index is 237. The molecule has 1 atom stereocenters. The molecule has 0 saturated carbocycles. The van der Waals surface area contributed by atoms with Crippen LogP contribution in [0.5, 0.6) is 0 Å². The van der Waals surface area contributed by atoms with E-state index in [0.29, 0.717) is 5.25 Å². The fourth-order valence-electron chi connectivity index (χ4n) is 1.56. The molecule has 88 valence electrons. The Morgan fingerprint density at radius 3 is 2.62 bits per heavy atom. The summed E-state index contributed by atoms with van der Waals surface area (Å²) in [5, 5.41) is 0.479. The summed E-state index contributed by atoms with van der Waals surface area (Å²) < 4.78 is 36.9. The first-order valence-electron chi connectivity index (χ1n) is 5.15. The summed E-state index contributed by atoms with van der Waals surface area (Å²) >= 11 is 1.85. The van der Waals surface area contributed by atoms with Crippen LogP contribution in [0.4, 0.5) is 12.9 Å². The van der Waals surface area contributed by atoms with Gasteiger partial charge in [0.2, 0.25) is 0 Å². The van der Waals surface area contributed by atoms with Gasteiger partial charge in [-0.1, -0.05) is 6.92 Å². The van der Waals surface area contributed by atoms with Crippen molar-refractivity contribution in [2.24, 2.45) is 0 Å². The summed E-state index contributed by atoms with van der Waals surface area (Å²) in [6.45, 7) is 1.82. The van der Waals surface area contributed by atoms with E-state index in [1.807, 2.05) is 16.7 Å². The minimum atomic E-state index is -4.86. The van der Waals surface area contributed by atoms with Crippen molar-refractivity contribution in [2.45, 2.75) is 18.6 Å². The van der Waals surface area contributed by atoms with E-state index in [2.05, 4.69) is 13.5 Å². The SMILES string of the molecule is C=C(CN1CCSC(CC)C1)[B-](F)(F)F.[K+]. The molecule has 0 amide bonds. The van der Waals surface area contributed by atoms with Gasteiger partial charge in [0.15, 0.2) is 0 Å². The number of nitrogens with zero attached hydrogens (tertiary/aromatic N) is 1. The molecule has 0 spiro atoms. The first-order chi connectivity index (χ1) is 6.93. The molecule has 1 rings (SSSR count). The van der Waals surface area contributed by atoms with Gasteiger partial charge in [0.1, 0.15) is 0 Å². The normalized spacial score (nSPS) is 22.6. The maximum absolute atomic E-state index is 12.3. The molecular weight excluding hydrogens is 261 g/mol. The van der Waals surface area contributed by atoms with Crippen LogP contribution in [-0.2, 0) is 0 Å². The molecule has 16 heavy (non-hydrogen) atoms. The average molecular weight is 277 g/mol. The van der Waals surface area contributed by atoms with Gasteiger partial charge < -0.3 is 17.8 Å². The van der Waals surface area contributed by atoms with E-state index >= 15 is 0 Å². The Balaban J connectivity index is 0.00000225. The fraction of sp³-hybridized carbons (Fsp3) is 0.778. The minimum Gasteiger partial charge on any atom is -0.445 e. The molecule has 0 aromatic rings. The van der Waals surface area contributed by atoms with Gasteiger partial charge in [-0.2, -0.15) is 11.8 Å². The summed E-state index contributed by atoms with van der Waals surface area (Å²) in [5.74, 6) is 0.927. The van der Waals surface area contributed by atoms with Crippen molar-refractivity contribution in [3.63, 3.8) is 0 Å². The van der Waals surface area contributed by atoms with Crippen LogP contribution in [0, 0.1) is 0 Å². The Kier molecular flexibility index (Phi) is 8.62. The molecule has 1 saturated heterocycles. The second-order valence-electron chi connectivity index (χ2n) is 3.87. The first kappa shape index (κ1) is 17.5. The van der Waals surface area contributed by atoms with Crippen LogP contribution in [0.15, 0.2) is 12.1 Å². The second-order valence-corrected chi connectivity index (χ2v) is 5.28. The van der Waals surface area contributed by atoms with Crippen LogP contribution < -0.4 is 51.4 Å². The molecule has 1 aliphatic heterocycles. The molecule has 0 aromatic carbocycles. The molecule has 0 N–H and O–H groups in total. The Morgan fingerprint density at radius 1 is 1.50 bits per heavy atom. The molecule has 0 aromatic heterocycles. The van der Waals surface area contributed by atoms with Gasteiger partial charge in [0.05, 0.1) is 0 Å². The molecule has 0 bridgehead atoms. The topological polar surface area (TPSA) is 3.24 Å². The molecule has 1 nitrogen and oxygen atoms in total. The van der Waals surface area contributed by atoms with Gasteiger partial charge in [0.25, 0.3) is 0 Å². The number of halogens is 3. The largest absolute Gasteiger partial charge is 1.00 e. The molecule has 1 unspecified atom stereocenters. The Hall–Kier alpha value is 1.54. The maximum atomic E-state index is 12.3. The molecule has 1 heterocycles. The van der Waals surface area contributed by atoms with Crippen LogP contribution in [0.1, 0.15) is 13.3 Å². The minimum absolute atomic E-state index is 0. The summed E-state index contributed by atoms with van der Waals surface area (Å²) in [7, 11) is 0. The number of hydrogen-bond donors (Lipinski definition) is 0. The molecular formula is C9H16BF3KNS. The summed E-state index contributed by atoms with van der Waals surface area (Å²) in [4.78, 5) is 1.86. The Morgan fingerprint density at radius 2 is 2.12 bits per heavy atom. The number of rotatable bonds is 4. The maximum Gasteiger partial charge on any atom is 1.00 e. The van der Waals surface area contributed by atoms with Crippen molar-refractivity contribution < 1.29 is 64.3 Å². The zero-order chi connectivity index (χ0) is 11.5. The van der Waals surface area contributed by atoms with Crippen molar-refractivity contribution in [1.29, 1.82) is 0 Å². The van der Waals surface area contributed by atoms with E-state index in [1.54, 1.807) is 0 Å².